The zero-order valence-corrected chi connectivity index (χ0v) is 17.0. The Morgan fingerprint density at radius 1 is 1.10 bits per heavy atom. The Morgan fingerprint density at radius 2 is 1.83 bits per heavy atom. The summed E-state index contributed by atoms with van der Waals surface area (Å²) in [5, 5.41) is 0. The number of carbonyl (C=O) groups is 1. The highest BCUT2D eigenvalue weighted by atomic mass is 16.5. The van der Waals surface area contributed by atoms with Crippen LogP contribution in [0.1, 0.15) is 28.3 Å². The number of nitrogens with two attached hydrogens (primary N) is 1. The van der Waals surface area contributed by atoms with E-state index in [1.165, 1.54) is 0 Å². The molecule has 3 aromatic rings. The van der Waals surface area contributed by atoms with E-state index in [1.807, 2.05) is 53.4 Å². The Bertz CT molecular complexity index is 1080. The number of methoxy groups -OCH3 is 1. The predicted molar refractivity (Wildman–Crippen MR) is 118 cm³/mol. The van der Waals surface area contributed by atoms with E-state index in [0.29, 0.717) is 5.84 Å². The van der Waals surface area contributed by atoms with Gasteiger partial charge in [-0.15, -0.1) is 0 Å². The number of carbonyl (C=O) groups excluding carboxylic acids is 1. The fraction of sp³-hybridized carbons (Fsp3) is 0.167. The van der Waals surface area contributed by atoms with Crippen LogP contribution in [0.15, 0.2) is 77.8 Å². The molecule has 1 aliphatic heterocycles. The molecular weight excluding hydrogens is 376 g/mol. The average Bonchev–Trinajstić information content (AvgIpc) is 2.79. The van der Waals surface area contributed by atoms with E-state index in [-0.39, 0.29) is 18.5 Å². The topological polar surface area (TPSA) is 80.0 Å². The van der Waals surface area contributed by atoms with Gasteiger partial charge in [0.05, 0.1) is 18.8 Å². The van der Waals surface area contributed by atoms with Crippen molar-refractivity contribution >= 4 is 17.4 Å². The molecule has 0 spiro atoms. The number of rotatable bonds is 5. The molecule has 3 N–H and O–H groups in total. The molecule has 0 aliphatic carbocycles. The zero-order valence-electron chi connectivity index (χ0n) is 17.0. The highest BCUT2D eigenvalue weighted by molar-refractivity contribution is 6.03. The molecule has 0 aromatic heterocycles. The van der Waals surface area contributed by atoms with Gasteiger partial charge in [-0.25, -0.2) is 10.8 Å². The van der Waals surface area contributed by atoms with E-state index in [9.17, 15) is 4.79 Å². The monoisotopic (exact) mass is 400 g/mol. The van der Waals surface area contributed by atoms with Gasteiger partial charge in [0.25, 0.3) is 5.91 Å². The van der Waals surface area contributed by atoms with Crippen molar-refractivity contribution in [3.05, 3.63) is 95.1 Å². The van der Waals surface area contributed by atoms with Crippen molar-refractivity contribution in [2.75, 3.05) is 13.7 Å². The summed E-state index contributed by atoms with van der Waals surface area (Å²) in [6.07, 6.45) is 0. The van der Waals surface area contributed by atoms with Crippen molar-refractivity contribution in [3.8, 4) is 5.75 Å². The van der Waals surface area contributed by atoms with Gasteiger partial charge in [0, 0.05) is 11.1 Å². The molecule has 3 aromatic carbocycles. The lowest BCUT2D eigenvalue weighted by Crippen LogP contribution is -2.46. The summed E-state index contributed by atoms with van der Waals surface area (Å²) >= 11 is 0. The Balaban J connectivity index is 1.91. The van der Waals surface area contributed by atoms with Gasteiger partial charge in [-0.1, -0.05) is 48.0 Å². The lowest BCUT2D eigenvalue weighted by Gasteiger charge is -2.38. The first-order chi connectivity index (χ1) is 14.6. The predicted octanol–water partition coefficient (Wildman–Crippen LogP) is 3.48. The van der Waals surface area contributed by atoms with Crippen LogP contribution >= 0.6 is 0 Å². The molecule has 0 fully saturated rings. The third kappa shape index (κ3) is 3.77. The summed E-state index contributed by atoms with van der Waals surface area (Å²) in [6.45, 7) is 2.14. The van der Waals surface area contributed by atoms with Gasteiger partial charge in [-0.3, -0.25) is 10.2 Å². The third-order valence-electron chi connectivity index (χ3n) is 5.23. The molecular formula is C24H24N4O2. The van der Waals surface area contributed by atoms with Gasteiger partial charge in [0.2, 0.25) is 0 Å². The zero-order chi connectivity index (χ0) is 21.1. The number of nitrogens with zero attached hydrogens (tertiary/aromatic N) is 2. The summed E-state index contributed by atoms with van der Waals surface area (Å²) in [4.78, 5) is 19.3. The molecule has 30 heavy (non-hydrogen) atoms. The largest absolute Gasteiger partial charge is 0.497 e. The Kier molecular flexibility index (Phi) is 5.50. The molecule has 6 nitrogen and oxygen atoms in total. The number of amides is 1. The van der Waals surface area contributed by atoms with Crippen LogP contribution in [-0.4, -0.2) is 30.3 Å². The van der Waals surface area contributed by atoms with Gasteiger partial charge >= 0.3 is 0 Å². The van der Waals surface area contributed by atoms with Crippen LogP contribution in [0, 0.1) is 6.92 Å². The SMILES string of the molecule is COc1ccc(C2=Nc3ccc(C)cc3[C@@H](c3ccccc3)N2CC(=O)NN)cc1. The number of hydrazine groups is 1. The maximum absolute atomic E-state index is 12.4. The van der Waals surface area contributed by atoms with Crippen molar-refractivity contribution in [3.63, 3.8) is 0 Å². The summed E-state index contributed by atoms with van der Waals surface area (Å²) in [5.74, 6) is 6.62. The van der Waals surface area contributed by atoms with E-state index < -0.39 is 0 Å². The normalized spacial score (nSPS) is 15.2. The molecule has 6 heteroatoms. The summed E-state index contributed by atoms with van der Waals surface area (Å²) in [7, 11) is 1.63. The Hall–Kier alpha value is -3.64. The molecule has 1 aliphatic rings. The highest BCUT2D eigenvalue weighted by Crippen LogP contribution is 2.40. The fourth-order valence-electron chi connectivity index (χ4n) is 3.80. The number of aryl methyl sites for hydroxylation is 1. The molecule has 0 saturated heterocycles. The molecule has 0 saturated carbocycles. The van der Waals surface area contributed by atoms with Crippen LogP contribution in [0.25, 0.3) is 0 Å². The number of hydrogen-bond acceptors (Lipinski definition) is 5. The molecule has 4 rings (SSSR count). The number of aliphatic imine (C=N–C) groups is 1. The lowest BCUT2D eigenvalue weighted by molar-refractivity contribution is -0.121. The minimum Gasteiger partial charge on any atom is -0.497 e. The second kappa shape index (κ2) is 8.39. The molecule has 1 amide bonds. The van der Waals surface area contributed by atoms with Gasteiger partial charge in [-0.2, -0.15) is 0 Å². The molecule has 1 atom stereocenters. The molecule has 152 valence electrons. The second-order valence-corrected chi connectivity index (χ2v) is 7.23. The van der Waals surface area contributed by atoms with Crippen molar-refractivity contribution < 1.29 is 9.53 Å². The van der Waals surface area contributed by atoms with Crippen molar-refractivity contribution in [2.45, 2.75) is 13.0 Å². The van der Waals surface area contributed by atoms with Crippen LogP contribution in [0.4, 0.5) is 5.69 Å². The van der Waals surface area contributed by atoms with E-state index >= 15 is 0 Å². The van der Waals surface area contributed by atoms with E-state index in [1.54, 1.807) is 7.11 Å². The standard InChI is InChI=1S/C24H24N4O2/c1-16-8-13-21-20(14-16)23(17-6-4-3-5-7-17)28(15-22(29)27-25)24(26-21)18-9-11-19(30-2)12-10-18/h3-14,23H,15,25H2,1-2H3,(H,27,29)/t23-/m1/s1. The fourth-order valence-corrected chi connectivity index (χ4v) is 3.80. The van der Waals surface area contributed by atoms with Gasteiger partial charge in [0.1, 0.15) is 18.1 Å². The van der Waals surface area contributed by atoms with Crippen LogP contribution < -0.4 is 16.0 Å². The van der Waals surface area contributed by atoms with Gasteiger partial charge in [-0.05, 0) is 42.8 Å². The second-order valence-electron chi connectivity index (χ2n) is 7.23. The molecule has 1 heterocycles. The molecule has 0 unspecified atom stereocenters. The smallest absolute Gasteiger partial charge is 0.253 e. The van der Waals surface area contributed by atoms with Crippen LogP contribution in [0.5, 0.6) is 5.75 Å². The Labute approximate surface area is 176 Å². The van der Waals surface area contributed by atoms with Crippen molar-refractivity contribution in [2.24, 2.45) is 10.8 Å². The van der Waals surface area contributed by atoms with Crippen LogP contribution in [0.3, 0.4) is 0 Å². The third-order valence-corrected chi connectivity index (χ3v) is 5.23. The maximum atomic E-state index is 12.4. The minimum absolute atomic E-state index is 0.0777. The van der Waals surface area contributed by atoms with E-state index in [2.05, 4.69) is 36.6 Å². The van der Waals surface area contributed by atoms with Crippen LogP contribution in [0.2, 0.25) is 0 Å². The summed E-state index contributed by atoms with van der Waals surface area (Å²) in [5.41, 5.74) is 7.32. The van der Waals surface area contributed by atoms with Crippen LogP contribution in [-0.2, 0) is 4.79 Å². The van der Waals surface area contributed by atoms with Crippen molar-refractivity contribution in [1.29, 1.82) is 0 Å². The van der Waals surface area contributed by atoms with Gasteiger partial charge < -0.3 is 9.64 Å². The van der Waals surface area contributed by atoms with E-state index in [0.717, 1.165) is 33.7 Å². The maximum Gasteiger partial charge on any atom is 0.253 e. The first kappa shape index (κ1) is 19.7. The van der Waals surface area contributed by atoms with E-state index in [4.69, 9.17) is 15.6 Å². The Morgan fingerprint density at radius 3 is 2.50 bits per heavy atom. The summed E-state index contributed by atoms with van der Waals surface area (Å²) in [6, 6.07) is 23.9. The summed E-state index contributed by atoms with van der Waals surface area (Å²) < 4.78 is 5.29. The number of hydrogen-bond donors (Lipinski definition) is 2. The molecule has 0 bridgehead atoms. The number of ether oxygens (including phenoxy) is 1. The quantitative estimate of drug-likeness (QED) is 0.390. The number of benzene rings is 3. The van der Waals surface area contributed by atoms with Gasteiger partial charge in [0.15, 0.2) is 0 Å². The lowest BCUT2D eigenvalue weighted by atomic mass is 9.91. The average molecular weight is 400 g/mol. The molecule has 0 radical (unpaired) electrons. The minimum atomic E-state index is -0.284. The first-order valence-electron chi connectivity index (χ1n) is 9.75. The number of nitrogens with one attached hydrogen (secondary N) is 1. The highest BCUT2D eigenvalue weighted by Gasteiger charge is 2.33. The first-order valence-corrected chi connectivity index (χ1v) is 9.75. The van der Waals surface area contributed by atoms with Crippen molar-refractivity contribution in [1.82, 2.24) is 10.3 Å². The number of amidine groups is 1. The number of fused-ring (bicyclic) bond motifs is 1.